The van der Waals surface area contributed by atoms with E-state index in [0.29, 0.717) is 22.7 Å². The van der Waals surface area contributed by atoms with Crippen LogP contribution in [0, 0.1) is 0 Å². The number of hydrogen-bond acceptors (Lipinski definition) is 5. The first-order valence-electron chi connectivity index (χ1n) is 7.13. The minimum atomic E-state index is -0.194. The smallest absolute Gasteiger partial charge is 0.231 e. The zero-order valence-electron chi connectivity index (χ0n) is 12.1. The second-order valence-corrected chi connectivity index (χ2v) is 5.05. The number of allylic oxidation sites excluding steroid dienone is 1. The van der Waals surface area contributed by atoms with Gasteiger partial charge < -0.3 is 9.47 Å². The van der Waals surface area contributed by atoms with Crippen LogP contribution >= 0.6 is 0 Å². The van der Waals surface area contributed by atoms with E-state index >= 15 is 0 Å². The van der Waals surface area contributed by atoms with E-state index in [1.807, 2.05) is 42.5 Å². The molecule has 0 saturated carbocycles. The number of carbonyl (C=O) groups excluding carboxylic acids is 1. The summed E-state index contributed by atoms with van der Waals surface area (Å²) in [4.78, 5) is 20.8. The summed E-state index contributed by atoms with van der Waals surface area (Å²) in [6.07, 6.45) is 4.70. The number of ether oxygens (including phenoxy) is 2. The van der Waals surface area contributed by atoms with Crippen LogP contribution in [0.3, 0.4) is 0 Å². The first kappa shape index (κ1) is 13.5. The number of nitrogens with zero attached hydrogens (tertiary/aromatic N) is 2. The lowest BCUT2D eigenvalue weighted by molar-refractivity contribution is 0.104. The lowest BCUT2D eigenvalue weighted by Gasteiger charge is -1.99. The molecule has 5 nitrogen and oxygen atoms in total. The maximum absolute atomic E-state index is 12.3. The van der Waals surface area contributed by atoms with Crippen LogP contribution in [0.1, 0.15) is 16.1 Å². The van der Waals surface area contributed by atoms with Gasteiger partial charge in [0.1, 0.15) is 5.69 Å². The molecular weight excluding hydrogens is 292 g/mol. The Morgan fingerprint density at radius 2 is 1.87 bits per heavy atom. The van der Waals surface area contributed by atoms with Gasteiger partial charge in [-0.05, 0) is 35.9 Å². The van der Waals surface area contributed by atoms with Crippen molar-refractivity contribution in [3.05, 3.63) is 66.0 Å². The Labute approximate surface area is 132 Å². The minimum Gasteiger partial charge on any atom is -0.454 e. The molecule has 2 heterocycles. The van der Waals surface area contributed by atoms with Gasteiger partial charge >= 0.3 is 0 Å². The summed E-state index contributed by atoms with van der Waals surface area (Å²) in [5.74, 6) is 1.21. The second-order valence-electron chi connectivity index (χ2n) is 5.05. The van der Waals surface area contributed by atoms with Crippen molar-refractivity contribution in [3.63, 3.8) is 0 Å². The highest BCUT2D eigenvalue weighted by molar-refractivity contribution is 6.06. The Balaban J connectivity index is 1.58. The summed E-state index contributed by atoms with van der Waals surface area (Å²) >= 11 is 0. The van der Waals surface area contributed by atoms with E-state index in [4.69, 9.17) is 9.47 Å². The van der Waals surface area contributed by atoms with Crippen molar-refractivity contribution in [1.29, 1.82) is 0 Å². The molecule has 1 aromatic heterocycles. The lowest BCUT2D eigenvalue weighted by atomic mass is 10.1. The summed E-state index contributed by atoms with van der Waals surface area (Å²) in [6, 6.07) is 13.0. The number of fused-ring (bicyclic) bond motifs is 2. The SMILES string of the molecule is O=C(/C=C/c1ccc2c(c1)OCO2)c1cnc2ccccc2n1. The van der Waals surface area contributed by atoms with Crippen molar-refractivity contribution >= 4 is 22.9 Å². The summed E-state index contributed by atoms with van der Waals surface area (Å²) < 4.78 is 10.6. The molecule has 1 aliphatic rings. The van der Waals surface area contributed by atoms with Gasteiger partial charge in [0.2, 0.25) is 12.6 Å². The van der Waals surface area contributed by atoms with Crippen molar-refractivity contribution in [2.24, 2.45) is 0 Å². The van der Waals surface area contributed by atoms with Gasteiger partial charge in [0.05, 0.1) is 17.2 Å². The minimum absolute atomic E-state index is 0.194. The van der Waals surface area contributed by atoms with Crippen molar-refractivity contribution in [1.82, 2.24) is 9.97 Å². The molecule has 0 aliphatic carbocycles. The van der Waals surface area contributed by atoms with Gasteiger partial charge in [-0.3, -0.25) is 9.78 Å². The van der Waals surface area contributed by atoms with E-state index in [1.54, 1.807) is 6.08 Å². The van der Waals surface area contributed by atoms with Crippen LogP contribution < -0.4 is 9.47 Å². The van der Waals surface area contributed by atoms with Gasteiger partial charge in [0.25, 0.3) is 0 Å². The Kier molecular flexibility index (Phi) is 3.24. The van der Waals surface area contributed by atoms with E-state index in [2.05, 4.69) is 9.97 Å². The second kappa shape index (κ2) is 5.53. The van der Waals surface area contributed by atoms with Crippen LogP contribution in [0.2, 0.25) is 0 Å². The number of hydrogen-bond donors (Lipinski definition) is 0. The number of para-hydroxylation sites is 2. The predicted octanol–water partition coefficient (Wildman–Crippen LogP) is 3.25. The third-order valence-electron chi connectivity index (χ3n) is 3.52. The summed E-state index contributed by atoms with van der Waals surface area (Å²) in [5, 5.41) is 0. The van der Waals surface area contributed by atoms with Gasteiger partial charge in [0.15, 0.2) is 11.5 Å². The number of carbonyl (C=O) groups is 1. The molecule has 0 fully saturated rings. The molecule has 0 radical (unpaired) electrons. The molecule has 0 spiro atoms. The summed E-state index contributed by atoms with van der Waals surface area (Å²) in [6.45, 7) is 0.230. The molecule has 0 atom stereocenters. The fourth-order valence-electron chi connectivity index (χ4n) is 2.35. The third-order valence-corrected chi connectivity index (χ3v) is 3.52. The molecule has 3 aromatic rings. The maximum Gasteiger partial charge on any atom is 0.231 e. The quantitative estimate of drug-likeness (QED) is 0.549. The van der Waals surface area contributed by atoms with Gasteiger partial charge in [-0.25, -0.2) is 4.98 Å². The zero-order chi connectivity index (χ0) is 15.6. The normalized spacial score (nSPS) is 12.9. The third kappa shape index (κ3) is 2.64. The molecule has 0 N–H and O–H groups in total. The van der Waals surface area contributed by atoms with Crippen molar-refractivity contribution < 1.29 is 14.3 Å². The zero-order valence-corrected chi connectivity index (χ0v) is 12.1. The highest BCUT2D eigenvalue weighted by atomic mass is 16.7. The molecule has 2 aromatic carbocycles. The van der Waals surface area contributed by atoms with E-state index in [-0.39, 0.29) is 12.6 Å². The largest absolute Gasteiger partial charge is 0.454 e. The van der Waals surface area contributed by atoms with E-state index in [0.717, 1.165) is 11.1 Å². The summed E-state index contributed by atoms with van der Waals surface area (Å²) in [5.41, 5.74) is 2.65. The highest BCUT2D eigenvalue weighted by Gasteiger charge is 2.12. The first-order valence-corrected chi connectivity index (χ1v) is 7.13. The Bertz CT molecular complexity index is 934. The van der Waals surface area contributed by atoms with Crippen LogP contribution in [0.15, 0.2) is 54.7 Å². The van der Waals surface area contributed by atoms with E-state index in [1.165, 1.54) is 12.3 Å². The number of benzene rings is 2. The van der Waals surface area contributed by atoms with Crippen LogP contribution in [0.5, 0.6) is 11.5 Å². The Morgan fingerprint density at radius 1 is 1.04 bits per heavy atom. The Hall–Kier alpha value is -3.21. The number of aromatic nitrogens is 2. The van der Waals surface area contributed by atoms with Crippen LogP contribution in [0.25, 0.3) is 17.1 Å². The van der Waals surface area contributed by atoms with Crippen molar-refractivity contribution in [3.8, 4) is 11.5 Å². The molecule has 0 saturated heterocycles. The molecule has 5 heteroatoms. The average molecular weight is 304 g/mol. The fraction of sp³-hybridized carbons (Fsp3) is 0.0556. The Morgan fingerprint density at radius 3 is 2.78 bits per heavy atom. The van der Waals surface area contributed by atoms with Gasteiger partial charge in [-0.15, -0.1) is 0 Å². The molecule has 1 aliphatic heterocycles. The van der Waals surface area contributed by atoms with Gasteiger partial charge in [-0.2, -0.15) is 0 Å². The predicted molar refractivity (Wildman–Crippen MR) is 85.5 cm³/mol. The van der Waals surface area contributed by atoms with Crippen LogP contribution in [-0.2, 0) is 0 Å². The molecule has 4 rings (SSSR count). The standard InChI is InChI=1S/C18H12N2O3/c21-16(15-10-19-13-3-1-2-4-14(13)20-15)7-5-12-6-8-17-18(9-12)23-11-22-17/h1-10H,11H2/b7-5+. The van der Waals surface area contributed by atoms with Crippen molar-refractivity contribution in [2.75, 3.05) is 6.79 Å². The van der Waals surface area contributed by atoms with Gasteiger partial charge in [-0.1, -0.05) is 24.3 Å². The molecule has 0 bridgehead atoms. The number of rotatable bonds is 3. The van der Waals surface area contributed by atoms with E-state index in [9.17, 15) is 4.79 Å². The van der Waals surface area contributed by atoms with Gasteiger partial charge in [0, 0.05) is 0 Å². The molecular formula is C18H12N2O3. The monoisotopic (exact) mass is 304 g/mol. The van der Waals surface area contributed by atoms with Crippen LogP contribution in [-0.4, -0.2) is 22.5 Å². The number of ketones is 1. The maximum atomic E-state index is 12.3. The molecule has 0 unspecified atom stereocenters. The topological polar surface area (TPSA) is 61.3 Å². The first-order chi connectivity index (χ1) is 11.3. The fourth-order valence-corrected chi connectivity index (χ4v) is 2.35. The summed E-state index contributed by atoms with van der Waals surface area (Å²) in [7, 11) is 0. The highest BCUT2D eigenvalue weighted by Crippen LogP contribution is 2.32. The molecule has 112 valence electrons. The average Bonchev–Trinajstić information content (AvgIpc) is 3.07. The molecule has 23 heavy (non-hydrogen) atoms. The lowest BCUT2D eigenvalue weighted by Crippen LogP contribution is -1.99. The molecule has 0 amide bonds. The van der Waals surface area contributed by atoms with Crippen LogP contribution in [0.4, 0.5) is 0 Å². The van der Waals surface area contributed by atoms with E-state index < -0.39 is 0 Å². The van der Waals surface area contributed by atoms with Crippen molar-refractivity contribution in [2.45, 2.75) is 0 Å².